The van der Waals surface area contributed by atoms with Gasteiger partial charge in [-0.3, -0.25) is 19.3 Å². The monoisotopic (exact) mass is 334 g/mol. The van der Waals surface area contributed by atoms with E-state index in [0.717, 1.165) is 17.7 Å². The molecule has 0 unspecified atom stereocenters. The molecular formula is C17H22N2O5. The predicted octanol–water partition coefficient (Wildman–Crippen LogP) is 0.536. The zero-order valence-corrected chi connectivity index (χ0v) is 13.9. The Hall–Kier alpha value is -2.18. The molecule has 0 radical (unpaired) electrons. The number of carbonyl (C=O) groups excluding carboxylic acids is 4. The van der Waals surface area contributed by atoms with Crippen molar-refractivity contribution < 1.29 is 23.9 Å². The van der Waals surface area contributed by atoms with Gasteiger partial charge in [0.25, 0.3) is 5.91 Å². The zero-order valence-electron chi connectivity index (χ0n) is 13.9. The lowest BCUT2D eigenvalue weighted by Gasteiger charge is -2.23. The van der Waals surface area contributed by atoms with Crippen molar-refractivity contribution in [3.05, 3.63) is 12.2 Å². The first kappa shape index (κ1) is 16.7. The molecule has 1 saturated carbocycles. The minimum absolute atomic E-state index is 0.174. The Bertz CT molecular complexity index is 584. The summed E-state index contributed by atoms with van der Waals surface area (Å²) in [6.45, 7) is 2.95. The summed E-state index contributed by atoms with van der Waals surface area (Å²) in [4.78, 5) is 50.1. The van der Waals surface area contributed by atoms with Crippen LogP contribution < -0.4 is 5.32 Å². The first-order valence-corrected chi connectivity index (χ1v) is 8.43. The molecule has 24 heavy (non-hydrogen) atoms. The van der Waals surface area contributed by atoms with Gasteiger partial charge in [0.05, 0.1) is 11.8 Å². The highest BCUT2D eigenvalue weighted by Gasteiger charge is 2.50. The van der Waals surface area contributed by atoms with Gasteiger partial charge < -0.3 is 10.1 Å². The van der Waals surface area contributed by atoms with Gasteiger partial charge in [-0.05, 0) is 39.5 Å². The summed E-state index contributed by atoms with van der Waals surface area (Å²) in [5.74, 6) is -2.50. The van der Waals surface area contributed by atoms with Gasteiger partial charge in [-0.25, -0.2) is 4.79 Å². The Balaban J connectivity index is 1.61. The topological polar surface area (TPSA) is 92.8 Å². The smallest absolute Gasteiger partial charge is 0.329 e. The molecule has 0 spiro atoms. The number of rotatable bonds is 5. The number of nitrogens with zero attached hydrogens (tertiary/aromatic N) is 1. The number of amides is 3. The molecule has 2 aliphatic carbocycles. The van der Waals surface area contributed by atoms with Crippen LogP contribution in [0, 0.1) is 11.8 Å². The van der Waals surface area contributed by atoms with Gasteiger partial charge in [-0.2, -0.15) is 0 Å². The second kappa shape index (κ2) is 6.37. The molecule has 1 saturated heterocycles. The average Bonchev–Trinajstić information content (AvgIpc) is 3.34. The number of imide groups is 1. The number of hydrogen-bond acceptors (Lipinski definition) is 5. The van der Waals surface area contributed by atoms with Gasteiger partial charge in [-0.1, -0.05) is 12.2 Å². The Morgan fingerprint density at radius 3 is 2.17 bits per heavy atom. The van der Waals surface area contributed by atoms with Crippen molar-refractivity contribution in [2.45, 2.75) is 57.7 Å². The van der Waals surface area contributed by atoms with E-state index < -0.39 is 18.1 Å². The van der Waals surface area contributed by atoms with Gasteiger partial charge >= 0.3 is 5.97 Å². The van der Waals surface area contributed by atoms with E-state index in [4.69, 9.17) is 4.74 Å². The maximum Gasteiger partial charge on any atom is 0.329 e. The summed E-state index contributed by atoms with van der Waals surface area (Å²) in [5.41, 5.74) is 0. The number of esters is 1. The van der Waals surface area contributed by atoms with Crippen molar-refractivity contribution in [2.75, 3.05) is 0 Å². The van der Waals surface area contributed by atoms with Crippen molar-refractivity contribution in [3.63, 3.8) is 0 Å². The number of fused-ring (bicyclic) bond motifs is 1. The van der Waals surface area contributed by atoms with E-state index in [0.29, 0.717) is 12.8 Å². The highest BCUT2D eigenvalue weighted by Crippen LogP contribution is 2.36. The summed E-state index contributed by atoms with van der Waals surface area (Å²) in [5, 5.41) is 2.75. The molecule has 7 nitrogen and oxygen atoms in total. The van der Waals surface area contributed by atoms with Gasteiger partial charge in [0, 0.05) is 6.04 Å². The molecule has 0 aromatic heterocycles. The molecule has 0 aromatic rings. The lowest BCUT2D eigenvalue weighted by Crippen LogP contribution is -2.46. The quantitative estimate of drug-likeness (QED) is 0.450. The fourth-order valence-electron chi connectivity index (χ4n) is 3.19. The molecule has 0 aromatic carbocycles. The first-order chi connectivity index (χ1) is 11.4. The third kappa shape index (κ3) is 3.07. The minimum Gasteiger partial charge on any atom is -0.451 e. The highest BCUT2D eigenvalue weighted by atomic mass is 16.5. The van der Waals surface area contributed by atoms with Crippen LogP contribution in [0.4, 0.5) is 0 Å². The normalized spacial score (nSPS) is 28.3. The van der Waals surface area contributed by atoms with E-state index in [1.54, 1.807) is 0 Å². The van der Waals surface area contributed by atoms with E-state index in [1.165, 1.54) is 13.8 Å². The number of likely N-dealkylation sites (tertiary alicyclic amines) is 1. The second-order valence-corrected chi connectivity index (χ2v) is 6.74. The van der Waals surface area contributed by atoms with E-state index in [-0.39, 0.29) is 35.6 Å². The lowest BCUT2D eigenvalue weighted by atomic mass is 9.85. The first-order valence-electron chi connectivity index (χ1n) is 8.43. The lowest BCUT2D eigenvalue weighted by molar-refractivity contribution is -0.164. The van der Waals surface area contributed by atoms with Gasteiger partial charge in [0.15, 0.2) is 6.10 Å². The number of hydrogen-bond donors (Lipinski definition) is 1. The highest BCUT2D eigenvalue weighted by molar-refractivity contribution is 6.08. The van der Waals surface area contributed by atoms with Crippen molar-refractivity contribution >= 4 is 23.7 Å². The Morgan fingerprint density at radius 1 is 1.12 bits per heavy atom. The van der Waals surface area contributed by atoms with Crippen LogP contribution in [0.3, 0.4) is 0 Å². The number of nitrogens with one attached hydrogen (secondary N) is 1. The van der Waals surface area contributed by atoms with Crippen LogP contribution in [-0.2, 0) is 23.9 Å². The standard InChI is InChI=1S/C17H22N2O5/c1-9(17(23)24-10(2)14(20)18-11-7-8-11)19-15(21)12-5-3-4-6-13(12)16(19)22/h3-4,9-13H,5-8H2,1-2H3,(H,18,20)/t9-,10-,12-,13+/m0/s1. The second-order valence-electron chi connectivity index (χ2n) is 6.74. The third-order valence-corrected chi connectivity index (χ3v) is 4.86. The molecule has 4 atom stereocenters. The maximum atomic E-state index is 12.5. The number of ether oxygens (including phenoxy) is 1. The Morgan fingerprint density at radius 2 is 1.67 bits per heavy atom. The Kier molecular flexibility index (Phi) is 4.43. The summed E-state index contributed by atoms with van der Waals surface area (Å²) < 4.78 is 5.15. The van der Waals surface area contributed by atoms with E-state index >= 15 is 0 Å². The molecule has 1 heterocycles. The summed E-state index contributed by atoms with van der Waals surface area (Å²) in [6.07, 6.45) is 5.76. The largest absolute Gasteiger partial charge is 0.451 e. The summed E-state index contributed by atoms with van der Waals surface area (Å²) in [7, 11) is 0. The zero-order chi connectivity index (χ0) is 17.4. The van der Waals surface area contributed by atoms with Crippen molar-refractivity contribution in [3.8, 4) is 0 Å². The SMILES string of the molecule is C[C@H](OC(=O)[C@H](C)N1C(=O)[C@H]2CC=CC[C@H]2C1=O)C(=O)NC1CC1. The van der Waals surface area contributed by atoms with E-state index in [2.05, 4.69) is 5.32 Å². The van der Waals surface area contributed by atoms with Crippen molar-refractivity contribution in [1.29, 1.82) is 0 Å². The molecular weight excluding hydrogens is 312 g/mol. The predicted molar refractivity (Wildman–Crippen MR) is 83.4 cm³/mol. The van der Waals surface area contributed by atoms with Gasteiger partial charge in [-0.15, -0.1) is 0 Å². The maximum absolute atomic E-state index is 12.5. The minimum atomic E-state index is -1.02. The number of carbonyl (C=O) groups is 4. The average molecular weight is 334 g/mol. The van der Waals surface area contributed by atoms with Crippen LogP contribution in [-0.4, -0.2) is 46.8 Å². The van der Waals surface area contributed by atoms with Crippen LogP contribution in [0.5, 0.6) is 0 Å². The summed E-state index contributed by atoms with van der Waals surface area (Å²) >= 11 is 0. The fourth-order valence-corrected chi connectivity index (χ4v) is 3.19. The van der Waals surface area contributed by atoms with Crippen molar-refractivity contribution in [1.82, 2.24) is 10.2 Å². The molecule has 1 N–H and O–H groups in total. The molecule has 3 rings (SSSR count). The molecule has 7 heteroatoms. The third-order valence-electron chi connectivity index (χ3n) is 4.86. The van der Waals surface area contributed by atoms with Crippen LogP contribution in [0.2, 0.25) is 0 Å². The Labute approximate surface area is 140 Å². The molecule has 1 aliphatic heterocycles. The van der Waals surface area contributed by atoms with Gasteiger partial charge in [0.2, 0.25) is 11.8 Å². The van der Waals surface area contributed by atoms with Crippen LogP contribution in [0.25, 0.3) is 0 Å². The number of allylic oxidation sites excluding steroid dienone is 2. The van der Waals surface area contributed by atoms with Crippen LogP contribution in [0.1, 0.15) is 39.5 Å². The fraction of sp³-hybridized carbons (Fsp3) is 0.647. The van der Waals surface area contributed by atoms with E-state index in [9.17, 15) is 19.2 Å². The van der Waals surface area contributed by atoms with Crippen LogP contribution >= 0.6 is 0 Å². The molecule has 130 valence electrons. The molecule has 3 aliphatic rings. The molecule has 0 bridgehead atoms. The summed E-state index contributed by atoms with van der Waals surface area (Å²) in [6, 6.07) is -0.847. The molecule has 3 amide bonds. The van der Waals surface area contributed by atoms with Gasteiger partial charge in [0.1, 0.15) is 6.04 Å². The molecule has 2 fully saturated rings. The van der Waals surface area contributed by atoms with Crippen LogP contribution in [0.15, 0.2) is 12.2 Å². The van der Waals surface area contributed by atoms with E-state index in [1.807, 2.05) is 12.2 Å². The van der Waals surface area contributed by atoms with Crippen molar-refractivity contribution in [2.24, 2.45) is 11.8 Å².